The minimum atomic E-state index is -1.03. The van der Waals surface area contributed by atoms with Crippen LogP contribution in [0.5, 0.6) is 0 Å². The predicted molar refractivity (Wildman–Crippen MR) is 56.6 cm³/mol. The first-order chi connectivity index (χ1) is 8.16. The van der Waals surface area contributed by atoms with Gasteiger partial charge >= 0.3 is 11.9 Å². The molecule has 0 unspecified atom stereocenters. The summed E-state index contributed by atoms with van der Waals surface area (Å²) in [6.07, 6.45) is -0.358. The average molecular weight is 250 g/mol. The molecule has 0 saturated heterocycles. The highest BCUT2D eigenvalue weighted by Gasteiger charge is 2.05. The lowest BCUT2D eigenvalue weighted by Crippen LogP contribution is -2.14. The third-order valence-electron chi connectivity index (χ3n) is 1.64. The molecule has 0 aliphatic carbocycles. The summed E-state index contributed by atoms with van der Waals surface area (Å²) in [6.45, 7) is 1.30. The number of carbonyl (C=O) groups is 2. The molecule has 0 aromatic carbocycles. The summed E-state index contributed by atoms with van der Waals surface area (Å²) >= 11 is 0. The van der Waals surface area contributed by atoms with Gasteiger partial charge in [-0.1, -0.05) is 0 Å². The third-order valence-corrected chi connectivity index (χ3v) is 1.64. The smallest absolute Gasteiger partial charge is 0.306 e. The summed E-state index contributed by atoms with van der Waals surface area (Å²) in [6, 6.07) is 0. The van der Waals surface area contributed by atoms with E-state index in [1.807, 2.05) is 0 Å². The number of rotatable bonds is 11. The number of hydrogen-bond donors (Lipinski definition) is 2. The zero-order valence-corrected chi connectivity index (χ0v) is 9.59. The molecule has 0 radical (unpaired) electrons. The van der Waals surface area contributed by atoms with Crippen LogP contribution < -0.4 is 0 Å². The second-order valence-corrected chi connectivity index (χ2v) is 3.06. The standard InChI is InChI=1S/C10H18O7/c11-3-4-15-5-6-16-7-8-17-10(14)2-1-9(12)13/h11H,1-8H2,(H,12,13). The molecule has 0 rings (SSSR count). The van der Waals surface area contributed by atoms with Crippen molar-refractivity contribution in [1.82, 2.24) is 0 Å². The molecule has 100 valence electrons. The third kappa shape index (κ3) is 12.8. The molecule has 0 aromatic rings. The van der Waals surface area contributed by atoms with Crippen molar-refractivity contribution in [3.05, 3.63) is 0 Å². The Hall–Kier alpha value is -1.18. The van der Waals surface area contributed by atoms with Crippen molar-refractivity contribution in [3.63, 3.8) is 0 Å². The highest BCUT2D eigenvalue weighted by molar-refractivity contribution is 5.76. The number of aliphatic hydroxyl groups is 1. The van der Waals surface area contributed by atoms with Crippen LogP contribution in [0.1, 0.15) is 12.8 Å². The molecule has 0 atom stereocenters. The molecular weight excluding hydrogens is 232 g/mol. The van der Waals surface area contributed by atoms with E-state index >= 15 is 0 Å². The van der Waals surface area contributed by atoms with Gasteiger partial charge in [0.25, 0.3) is 0 Å². The molecule has 7 heteroatoms. The summed E-state index contributed by atoms with van der Waals surface area (Å²) < 4.78 is 14.7. The Labute approximate surface area is 99.3 Å². The molecule has 2 N–H and O–H groups in total. The van der Waals surface area contributed by atoms with Crippen LogP contribution in [0.4, 0.5) is 0 Å². The van der Waals surface area contributed by atoms with Gasteiger partial charge in [-0.2, -0.15) is 0 Å². The fourth-order valence-electron chi connectivity index (χ4n) is 0.882. The van der Waals surface area contributed by atoms with E-state index in [0.717, 1.165) is 0 Å². The summed E-state index contributed by atoms with van der Waals surface area (Å²) in [5.41, 5.74) is 0. The molecule has 17 heavy (non-hydrogen) atoms. The molecule has 0 spiro atoms. The highest BCUT2D eigenvalue weighted by atomic mass is 16.6. The molecule has 0 aliphatic rings. The highest BCUT2D eigenvalue weighted by Crippen LogP contribution is 1.92. The van der Waals surface area contributed by atoms with Crippen molar-refractivity contribution in [2.45, 2.75) is 12.8 Å². The van der Waals surface area contributed by atoms with Gasteiger partial charge in [0.15, 0.2) is 0 Å². The first-order valence-electron chi connectivity index (χ1n) is 5.30. The Bertz CT molecular complexity index is 217. The van der Waals surface area contributed by atoms with Crippen molar-refractivity contribution in [2.75, 3.05) is 39.6 Å². The van der Waals surface area contributed by atoms with Crippen molar-refractivity contribution in [2.24, 2.45) is 0 Å². The van der Waals surface area contributed by atoms with E-state index < -0.39 is 11.9 Å². The maximum atomic E-state index is 10.9. The van der Waals surface area contributed by atoms with Crippen LogP contribution in [0.25, 0.3) is 0 Å². The van der Waals surface area contributed by atoms with Crippen LogP contribution in [0, 0.1) is 0 Å². The van der Waals surface area contributed by atoms with Gasteiger partial charge in [0.05, 0.1) is 45.9 Å². The molecule has 0 heterocycles. The lowest BCUT2D eigenvalue weighted by Gasteiger charge is -2.05. The summed E-state index contributed by atoms with van der Waals surface area (Å²) in [4.78, 5) is 21.1. The number of ether oxygens (including phenoxy) is 3. The summed E-state index contributed by atoms with van der Waals surface area (Å²) in [7, 11) is 0. The second-order valence-electron chi connectivity index (χ2n) is 3.06. The SMILES string of the molecule is O=C(O)CCC(=O)OCCOCCOCCO. The van der Waals surface area contributed by atoms with E-state index in [9.17, 15) is 9.59 Å². The van der Waals surface area contributed by atoms with Crippen molar-refractivity contribution in [3.8, 4) is 0 Å². The minimum absolute atomic E-state index is 0.0266. The van der Waals surface area contributed by atoms with Gasteiger partial charge in [-0.05, 0) is 0 Å². The van der Waals surface area contributed by atoms with Gasteiger partial charge in [-0.25, -0.2) is 0 Å². The van der Waals surface area contributed by atoms with Gasteiger partial charge in [-0.3, -0.25) is 9.59 Å². The zero-order valence-electron chi connectivity index (χ0n) is 9.59. The van der Waals surface area contributed by atoms with Crippen LogP contribution in [0.15, 0.2) is 0 Å². The minimum Gasteiger partial charge on any atom is -0.481 e. The van der Waals surface area contributed by atoms with Crippen LogP contribution in [-0.2, 0) is 23.8 Å². The molecule has 0 saturated carbocycles. The molecular formula is C10H18O7. The fraction of sp³-hybridized carbons (Fsp3) is 0.800. The molecule has 0 aliphatic heterocycles. The Kier molecular flexibility index (Phi) is 10.5. The number of carbonyl (C=O) groups excluding carboxylic acids is 1. The predicted octanol–water partition coefficient (Wildman–Crippen LogP) is -0.580. The Balaban J connectivity index is 3.16. The quantitative estimate of drug-likeness (QED) is 0.373. The van der Waals surface area contributed by atoms with E-state index in [1.54, 1.807) is 0 Å². The van der Waals surface area contributed by atoms with E-state index in [4.69, 9.17) is 24.4 Å². The van der Waals surface area contributed by atoms with E-state index in [2.05, 4.69) is 0 Å². The maximum absolute atomic E-state index is 10.9. The van der Waals surface area contributed by atoms with E-state index in [0.29, 0.717) is 13.2 Å². The van der Waals surface area contributed by atoms with Gasteiger partial charge in [0.1, 0.15) is 6.61 Å². The topological polar surface area (TPSA) is 102 Å². The maximum Gasteiger partial charge on any atom is 0.306 e. The number of esters is 1. The molecule has 0 aromatic heterocycles. The molecule has 0 fully saturated rings. The summed E-state index contributed by atoms with van der Waals surface area (Å²) in [5, 5.41) is 16.7. The zero-order chi connectivity index (χ0) is 12.9. The second kappa shape index (κ2) is 11.3. The van der Waals surface area contributed by atoms with Crippen LogP contribution in [-0.4, -0.2) is 61.8 Å². The van der Waals surface area contributed by atoms with E-state index in [-0.39, 0.29) is 39.3 Å². The normalized spacial score (nSPS) is 10.2. The van der Waals surface area contributed by atoms with Crippen molar-refractivity contribution >= 4 is 11.9 Å². The average Bonchev–Trinajstić information content (AvgIpc) is 2.30. The lowest BCUT2D eigenvalue weighted by atomic mass is 10.3. The van der Waals surface area contributed by atoms with Crippen molar-refractivity contribution < 1.29 is 34.0 Å². The van der Waals surface area contributed by atoms with E-state index in [1.165, 1.54) is 0 Å². The van der Waals surface area contributed by atoms with Gasteiger partial charge in [0, 0.05) is 0 Å². The first-order valence-corrected chi connectivity index (χ1v) is 5.30. The van der Waals surface area contributed by atoms with Crippen LogP contribution in [0.3, 0.4) is 0 Å². The largest absolute Gasteiger partial charge is 0.481 e. The van der Waals surface area contributed by atoms with Crippen LogP contribution in [0.2, 0.25) is 0 Å². The number of hydrogen-bond acceptors (Lipinski definition) is 6. The van der Waals surface area contributed by atoms with Gasteiger partial charge in [-0.15, -0.1) is 0 Å². The lowest BCUT2D eigenvalue weighted by molar-refractivity contribution is -0.149. The first kappa shape index (κ1) is 15.8. The molecule has 0 amide bonds. The Morgan fingerprint density at radius 2 is 1.47 bits per heavy atom. The number of aliphatic carboxylic acids is 1. The summed E-state index contributed by atoms with van der Waals surface area (Å²) in [5.74, 6) is -1.58. The monoisotopic (exact) mass is 250 g/mol. The number of carboxylic acids is 1. The van der Waals surface area contributed by atoms with Gasteiger partial charge in [0.2, 0.25) is 0 Å². The Morgan fingerprint density at radius 1 is 0.882 bits per heavy atom. The number of carboxylic acid groups (broad SMARTS) is 1. The number of aliphatic hydroxyl groups excluding tert-OH is 1. The van der Waals surface area contributed by atoms with Gasteiger partial charge < -0.3 is 24.4 Å². The Morgan fingerprint density at radius 3 is 2.06 bits per heavy atom. The fourth-order valence-corrected chi connectivity index (χ4v) is 0.882. The van der Waals surface area contributed by atoms with Crippen molar-refractivity contribution in [1.29, 1.82) is 0 Å². The van der Waals surface area contributed by atoms with Crippen LogP contribution >= 0.6 is 0 Å². The molecule has 0 bridgehead atoms. The molecule has 7 nitrogen and oxygen atoms in total.